The maximum atomic E-state index is 12.1. The van der Waals surface area contributed by atoms with Gasteiger partial charge in [0.15, 0.2) is 0 Å². The minimum absolute atomic E-state index is 0.287. The van der Waals surface area contributed by atoms with Crippen LogP contribution in [0.1, 0.15) is 71.1 Å². The largest absolute Gasteiger partial charge is 0.381 e. The lowest BCUT2D eigenvalue weighted by molar-refractivity contribution is -0.123. The molecule has 0 spiro atoms. The van der Waals surface area contributed by atoms with Crippen molar-refractivity contribution in [2.45, 2.75) is 83.2 Å². The van der Waals surface area contributed by atoms with Crippen LogP contribution in [-0.2, 0) is 9.53 Å². The molecule has 1 N–H and O–H groups in total. The fourth-order valence-electron chi connectivity index (χ4n) is 5.48. The number of carbonyl (C=O) groups is 1. The molecular formula is C23H40N2O2. The van der Waals surface area contributed by atoms with Crippen LogP contribution in [0, 0.1) is 23.7 Å². The zero-order valence-corrected chi connectivity index (χ0v) is 17.3. The number of Topliss-reactive ketones (excluding diaryl/α,β-unsaturated/α-hetero) is 1. The van der Waals surface area contributed by atoms with Crippen molar-refractivity contribution in [2.24, 2.45) is 23.7 Å². The molecule has 154 valence electrons. The summed E-state index contributed by atoms with van der Waals surface area (Å²) in [5.41, 5.74) is 0. The van der Waals surface area contributed by atoms with Crippen molar-refractivity contribution in [1.29, 1.82) is 0 Å². The quantitative estimate of drug-likeness (QED) is 0.702. The summed E-state index contributed by atoms with van der Waals surface area (Å²) in [5.74, 6) is 2.79. The molecule has 3 aliphatic carbocycles. The number of nitrogens with zero attached hydrogens (tertiary/aromatic N) is 1. The molecule has 1 heterocycles. The zero-order valence-electron chi connectivity index (χ0n) is 17.3. The van der Waals surface area contributed by atoms with Crippen LogP contribution >= 0.6 is 0 Å². The van der Waals surface area contributed by atoms with E-state index in [0.29, 0.717) is 17.7 Å². The Morgan fingerprint density at radius 3 is 2.07 bits per heavy atom. The van der Waals surface area contributed by atoms with Gasteiger partial charge in [0.25, 0.3) is 0 Å². The lowest BCUT2D eigenvalue weighted by Crippen LogP contribution is -2.48. The number of hydrogen-bond donors (Lipinski definition) is 1. The Labute approximate surface area is 165 Å². The second kappa shape index (κ2) is 9.37. The van der Waals surface area contributed by atoms with E-state index < -0.39 is 0 Å². The first-order valence-corrected chi connectivity index (χ1v) is 11.8. The average molecular weight is 377 g/mol. The maximum absolute atomic E-state index is 12.1. The van der Waals surface area contributed by atoms with Gasteiger partial charge >= 0.3 is 0 Å². The highest BCUT2D eigenvalue weighted by Gasteiger charge is 2.32. The smallest absolute Gasteiger partial charge is 0.140 e. The van der Waals surface area contributed by atoms with Crippen molar-refractivity contribution in [3.63, 3.8) is 0 Å². The molecule has 4 rings (SSSR count). The Morgan fingerprint density at radius 1 is 0.889 bits per heavy atom. The van der Waals surface area contributed by atoms with Crippen molar-refractivity contribution in [1.82, 2.24) is 10.2 Å². The first kappa shape index (κ1) is 19.8. The summed E-state index contributed by atoms with van der Waals surface area (Å²) in [4.78, 5) is 14.9. The molecule has 1 saturated heterocycles. The number of nitrogens with one attached hydrogen (secondary N) is 1. The summed E-state index contributed by atoms with van der Waals surface area (Å²) in [6.45, 7) is 7.51. The molecule has 4 nitrogen and oxygen atoms in total. The maximum Gasteiger partial charge on any atom is 0.140 e. The van der Waals surface area contributed by atoms with E-state index in [2.05, 4.69) is 17.1 Å². The molecule has 1 aliphatic heterocycles. The third-order valence-electron chi connectivity index (χ3n) is 7.76. The number of carbonyl (C=O) groups excluding carboxylic acids is 1. The molecule has 0 bridgehead atoms. The van der Waals surface area contributed by atoms with E-state index in [0.717, 1.165) is 50.5 Å². The summed E-state index contributed by atoms with van der Waals surface area (Å²) in [6, 6.07) is 1.43. The normalized spacial score (nSPS) is 36.4. The SMILES string of the molecule is CC1CCC(CNC2CCN(C3CCC(COCC4CC4)CC3)CC2)C1=O. The first-order valence-electron chi connectivity index (χ1n) is 11.8. The van der Waals surface area contributed by atoms with Gasteiger partial charge in [0, 0.05) is 43.7 Å². The van der Waals surface area contributed by atoms with E-state index in [4.69, 9.17) is 4.74 Å². The standard InChI is InChI=1S/C23H40N2O2/c1-17-2-7-20(23(17)26)14-24-21-10-12-25(13-11-21)22-8-5-19(6-9-22)16-27-15-18-3-4-18/h17-22,24H,2-16H2,1H3. The third-order valence-corrected chi connectivity index (χ3v) is 7.76. The second-order valence-corrected chi connectivity index (χ2v) is 9.95. The molecule has 2 unspecified atom stereocenters. The Morgan fingerprint density at radius 2 is 1.52 bits per heavy atom. The molecule has 0 aromatic heterocycles. The summed E-state index contributed by atoms with van der Waals surface area (Å²) >= 11 is 0. The Hall–Kier alpha value is -0.450. The van der Waals surface area contributed by atoms with Crippen LogP contribution in [0.4, 0.5) is 0 Å². The van der Waals surface area contributed by atoms with E-state index in [9.17, 15) is 4.79 Å². The van der Waals surface area contributed by atoms with Crippen molar-refractivity contribution in [2.75, 3.05) is 32.8 Å². The van der Waals surface area contributed by atoms with Gasteiger partial charge in [0.1, 0.15) is 5.78 Å². The van der Waals surface area contributed by atoms with Gasteiger partial charge in [-0.15, -0.1) is 0 Å². The van der Waals surface area contributed by atoms with Crippen LogP contribution in [0.25, 0.3) is 0 Å². The van der Waals surface area contributed by atoms with Gasteiger partial charge < -0.3 is 15.0 Å². The van der Waals surface area contributed by atoms with Gasteiger partial charge in [-0.05, 0) is 89.1 Å². The van der Waals surface area contributed by atoms with Crippen LogP contribution in [0.2, 0.25) is 0 Å². The topological polar surface area (TPSA) is 41.6 Å². The van der Waals surface area contributed by atoms with Crippen LogP contribution in [-0.4, -0.2) is 55.6 Å². The predicted octanol–water partition coefficient (Wildman–Crippen LogP) is 3.64. The lowest BCUT2D eigenvalue weighted by Gasteiger charge is -2.41. The monoisotopic (exact) mass is 376 g/mol. The first-order chi connectivity index (χ1) is 13.2. The highest BCUT2D eigenvalue weighted by atomic mass is 16.5. The van der Waals surface area contributed by atoms with E-state index in [-0.39, 0.29) is 5.92 Å². The number of likely N-dealkylation sites (tertiary alicyclic amines) is 1. The van der Waals surface area contributed by atoms with Crippen molar-refractivity contribution >= 4 is 5.78 Å². The number of ketones is 1. The zero-order chi connectivity index (χ0) is 18.6. The van der Waals surface area contributed by atoms with Crippen LogP contribution in [0.15, 0.2) is 0 Å². The number of hydrogen-bond acceptors (Lipinski definition) is 4. The van der Waals surface area contributed by atoms with Crippen LogP contribution in [0.5, 0.6) is 0 Å². The van der Waals surface area contributed by atoms with E-state index in [1.165, 1.54) is 64.5 Å². The number of piperidine rings is 1. The highest BCUT2D eigenvalue weighted by Crippen LogP contribution is 2.32. The Bertz CT molecular complexity index is 477. The minimum atomic E-state index is 0.287. The predicted molar refractivity (Wildman–Crippen MR) is 109 cm³/mol. The van der Waals surface area contributed by atoms with Crippen LogP contribution < -0.4 is 5.32 Å². The van der Waals surface area contributed by atoms with E-state index in [1.54, 1.807) is 0 Å². The summed E-state index contributed by atoms with van der Waals surface area (Å²) in [7, 11) is 0. The molecule has 2 atom stereocenters. The van der Waals surface area contributed by atoms with Crippen molar-refractivity contribution in [3.8, 4) is 0 Å². The van der Waals surface area contributed by atoms with E-state index >= 15 is 0 Å². The minimum Gasteiger partial charge on any atom is -0.381 e. The van der Waals surface area contributed by atoms with Gasteiger partial charge in [-0.2, -0.15) is 0 Å². The molecule has 4 aliphatic rings. The molecule has 0 aromatic carbocycles. The van der Waals surface area contributed by atoms with Crippen molar-refractivity contribution < 1.29 is 9.53 Å². The molecule has 0 amide bonds. The van der Waals surface area contributed by atoms with Gasteiger partial charge in [-0.25, -0.2) is 0 Å². The fraction of sp³-hybridized carbons (Fsp3) is 0.957. The number of ether oxygens (including phenoxy) is 1. The second-order valence-electron chi connectivity index (χ2n) is 9.95. The third kappa shape index (κ3) is 5.55. The lowest BCUT2D eigenvalue weighted by atomic mass is 9.85. The summed E-state index contributed by atoms with van der Waals surface area (Å²) in [6.07, 6.45) is 12.9. The molecule has 27 heavy (non-hydrogen) atoms. The van der Waals surface area contributed by atoms with E-state index in [1.807, 2.05) is 0 Å². The van der Waals surface area contributed by atoms with Gasteiger partial charge in [0.05, 0.1) is 0 Å². The molecule has 4 fully saturated rings. The highest BCUT2D eigenvalue weighted by molar-refractivity contribution is 5.85. The summed E-state index contributed by atoms with van der Waals surface area (Å²) in [5, 5.41) is 3.72. The Balaban J connectivity index is 1.09. The van der Waals surface area contributed by atoms with Gasteiger partial charge in [0.2, 0.25) is 0 Å². The molecule has 3 saturated carbocycles. The summed E-state index contributed by atoms with van der Waals surface area (Å²) < 4.78 is 5.93. The number of rotatable bonds is 8. The molecule has 0 aromatic rings. The molecular weight excluding hydrogens is 336 g/mol. The Kier molecular flexibility index (Phi) is 6.88. The molecule has 0 radical (unpaired) electrons. The van der Waals surface area contributed by atoms with Crippen LogP contribution in [0.3, 0.4) is 0 Å². The van der Waals surface area contributed by atoms with Crippen molar-refractivity contribution in [3.05, 3.63) is 0 Å². The molecule has 4 heteroatoms. The fourth-order valence-corrected chi connectivity index (χ4v) is 5.48. The van der Waals surface area contributed by atoms with Gasteiger partial charge in [-0.3, -0.25) is 4.79 Å². The van der Waals surface area contributed by atoms with Gasteiger partial charge in [-0.1, -0.05) is 6.92 Å². The average Bonchev–Trinajstić information content (AvgIpc) is 3.47.